The van der Waals surface area contributed by atoms with Crippen LogP contribution in [0.5, 0.6) is 5.75 Å². The maximum Gasteiger partial charge on any atom is 0.188 e. The molecule has 0 heterocycles. The second-order valence-electron chi connectivity index (χ2n) is 3.65. The summed E-state index contributed by atoms with van der Waals surface area (Å²) in [6, 6.07) is 14.4. The van der Waals surface area contributed by atoms with Crippen molar-refractivity contribution in [2.24, 2.45) is 0 Å². The smallest absolute Gasteiger partial charge is 0.188 e. The molecule has 2 nitrogen and oxygen atoms in total. The van der Waals surface area contributed by atoms with Gasteiger partial charge < -0.3 is 9.47 Å². The second kappa shape index (κ2) is 6.48. The maximum absolute atomic E-state index is 13.6. The summed E-state index contributed by atoms with van der Waals surface area (Å²) >= 11 is 0. The van der Waals surface area contributed by atoms with Gasteiger partial charge in [-0.15, -0.1) is 0 Å². The first-order valence-electron chi connectivity index (χ1n) is 5.53. The van der Waals surface area contributed by atoms with E-state index in [9.17, 15) is 4.39 Å². The lowest BCUT2D eigenvalue weighted by Crippen LogP contribution is -2.11. The average Bonchev–Trinajstić information content (AvgIpc) is 2.40. The number of halogens is 1. The molecule has 2 aromatic carbocycles. The van der Waals surface area contributed by atoms with Gasteiger partial charge in [0.05, 0.1) is 0 Å². The van der Waals surface area contributed by atoms with Crippen LogP contribution in [-0.2, 0) is 4.74 Å². The molecule has 0 aliphatic rings. The van der Waals surface area contributed by atoms with Crippen molar-refractivity contribution in [3.05, 3.63) is 54.3 Å². The van der Waals surface area contributed by atoms with E-state index in [4.69, 9.17) is 9.47 Å². The van der Waals surface area contributed by atoms with Crippen LogP contribution in [0.3, 0.4) is 0 Å². The molecule has 0 aliphatic carbocycles. The van der Waals surface area contributed by atoms with Gasteiger partial charge in [0, 0.05) is 17.7 Å². The number of para-hydroxylation sites is 1. The first kappa shape index (κ1) is 13.0. The molecule has 1 unspecified atom stereocenters. The summed E-state index contributed by atoms with van der Waals surface area (Å²) in [5.74, 6) is 0.554. The van der Waals surface area contributed by atoms with Crippen LogP contribution in [0.4, 0.5) is 4.39 Å². The molecule has 0 radical (unpaired) electrons. The maximum atomic E-state index is 13.6. The summed E-state index contributed by atoms with van der Waals surface area (Å²) in [4.78, 5) is 0. The highest BCUT2D eigenvalue weighted by Crippen LogP contribution is 2.20. The zero-order valence-corrected chi connectivity index (χ0v) is 11.0. The van der Waals surface area contributed by atoms with Gasteiger partial charge in [0.15, 0.2) is 6.79 Å². The standard InChI is InChI=1S/C14H14FO2P/c1-16-10-17-12-7-3-5-9-14(12)18-13-8-4-2-6-11(13)15/h2-9,18H,10H2,1H3. The van der Waals surface area contributed by atoms with E-state index in [1.807, 2.05) is 30.3 Å². The van der Waals surface area contributed by atoms with Crippen LogP contribution in [0.1, 0.15) is 0 Å². The van der Waals surface area contributed by atoms with Crippen LogP contribution in [0, 0.1) is 5.82 Å². The van der Waals surface area contributed by atoms with Crippen LogP contribution >= 0.6 is 8.58 Å². The monoisotopic (exact) mass is 264 g/mol. The number of hydrogen-bond donors (Lipinski definition) is 0. The van der Waals surface area contributed by atoms with E-state index in [0.29, 0.717) is 5.30 Å². The Bertz CT molecular complexity index is 517. The van der Waals surface area contributed by atoms with E-state index in [1.54, 1.807) is 19.2 Å². The third-order valence-electron chi connectivity index (χ3n) is 2.36. The number of benzene rings is 2. The summed E-state index contributed by atoms with van der Waals surface area (Å²) < 4.78 is 23.9. The van der Waals surface area contributed by atoms with Crippen molar-refractivity contribution >= 4 is 19.2 Å². The predicted octanol–water partition coefficient (Wildman–Crippen LogP) is 2.44. The zero-order chi connectivity index (χ0) is 12.8. The van der Waals surface area contributed by atoms with Crippen molar-refractivity contribution in [1.82, 2.24) is 0 Å². The largest absolute Gasteiger partial charge is 0.467 e. The van der Waals surface area contributed by atoms with Gasteiger partial charge in [-0.3, -0.25) is 0 Å². The van der Waals surface area contributed by atoms with Gasteiger partial charge >= 0.3 is 0 Å². The summed E-state index contributed by atoms with van der Waals surface area (Å²) in [5, 5.41) is 1.66. The van der Waals surface area contributed by atoms with Gasteiger partial charge in [-0.1, -0.05) is 45.0 Å². The fraction of sp³-hybridized carbons (Fsp3) is 0.143. The molecule has 0 aromatic heterocycles. The summed E-state index contributed by atoms with van der Waals surface area (Å²) in [6.45, 7) is 0.193. The average molecular weight is 264 g/mol. The van der Waals surface area contributed by atoms with Gasteiger partial charge in [0.2, 0.25) is 0 Å². The molecule has 0 amide bonds. The van der Waals surface area contributed by atoms with Gasteiger partial charge in [0.1, 0.15) is 11.6 Å². The zero-order valence-electron chi connectivity index (χ0n) is 10.0. The van der Waals surface area contributed by atoms with Gasteiger partial charge in [-0.25, -0.2) is 4.39 Å². The fourth-order valence-electron chi connectivity index (χ4n) is 1.53. The first-order chi connectivity index (χ1) is 8.81. The quantitative estimate of drug-likeness (QED) is 0.610. The van der Waals surface area contributed by atoms with E-state index in [2.05, 4.69) is 0 Å². The van der Waals surface area contributed by atoms with Crippen molar-refractivity contribution in [1.29, 1.82) is 0 Å². The minimum Gasteiger partial charge on any atom is -0.467 e. The molecule has 1 atom stereocenters. The minimum atomic E-state index is -0.183. The molecular formula is C14H14FO2P. The summed E-state index contributed by atoms with van der Waals surface area (Å²) in [6.07, 6.45) is 0. The van der Waals surface area contributed by atoms with Crippen LogP contribution in [-0.4, -0.2) is 13.9 Å². The van der Waals surface area contributed by atoms with Crippen molar-refractivity contribution in [3.63, 3.8) is 0 Å². The Morgan fingerprint density at radius 2 is 1.67 bits per heavy atom. The first-order valence-corrected chi connectivity index (χ1v) is 6.53. The molecule has 2 rings (SSSR count). The van der Waals surface area contributed by atoms with Crippen LogP contribution in [0.15, 0.2) is 48.5 Å². The fourth-order valence-corrected chi connectivity index (χ4v) is 2.66. The van der Waals surface area contributed by atoms with Gasteiger partial charge in [0.25, 0.3) is 0 Å². The Balaban J connectivity index is 2.21. The molecule has 0 spiro atoms. The lowest BCUT2D eigenvalue weighted by Gasteiger charge is -2.11. The van der Waals surface area contributed by atoms with Gasteiger partial charge in [-0.05, 0) is 12.1 Å². The van der Waals surface area contributed by atoms with Crippen molar-refractivity contribution in [2.45, 2.75) is 0 Å². The molecule has 4 heteroatoms. The van der Waals surface area contributed by atoms with Crippen LogP contribution in [0.2, 0.25) is 0 Å². The lowest BCUT2D eigenvalue weighted by atomic mass is 10.3. The van der Waals surface area contributed by atoms with E-state index in [-0.39, 0.29) is 21.2 Å². The number of hydrogen-bond acceptors (Lipinski definition) is 2. The molecule has 2 aromatic rings. The Kier molecular flexibility index (Phi) is 4.68. The molecule has 0 bridgehead atoms. The molecule has 0 aliphatic heterocycles. The van der Waals surface area contributed by atoms with Crippen molar-refractivity contribution in [2.75, 3.05) is 13.9 Å². The molecule has 18 heavy (non-hydrogen) atoms. The highest BCUT2D eigenvalue weighted by Gasteiger charge is 2.07. The molecule has 0 N–H and O–H groups in total. The Hall–Kier alpha value is -1.44. The predicted molar refractivity (Wildman–Crippen MR) is 72.9 cm³/mol. The van der Waals surface area contributed by atoms with Crippen LogP contribution < -0.4 is 15.3 Å². The lowest BCUT2D eigenvalue weighted by molar-refractivity contribution is 0.0519. The van der Waals surface area contributed by atoms with Gasteiger partial charge in [-0.2, -0.15) is 0 Å². The van der Waals surface area contributed by atoms with E-state index in [1.165, 1.54) is 6.07 Å². The third kappa shape index (κ3) is 3.28. The number of rotatable bonds is 5. The summed E-state index contributed by atoms with van der Waals surface area (Å²) in [7, 11) is 1.80. The summed E-state index contributed by atoms with van der Waals surface area (Å²) in [5.41, 5.74) is 0. The van der Waals surface area contributed by atoms with E-state index >= 15 is 0 Å². The number of methoxy groups -OCH3 is 1. The Morgan fingerprint density at radius 1 is 1.00 bits per heavy atom. The third-order valence-corrected chi connectivity index (χ3v) is 3.72. The molecule has 94 valence electrons. The van der Waals surface area contributed by atoms with Crippen molar-refractivity contribution < 1.29 is 13.9 Å². The highest BCUT2D eigenvalue weighted by molar-refractivity contribution is 7.55. The molecular weight excluding hydrogens is 250 g/mol. The second-order valence-corrected chi connectivity index (χ2v) is 4.98. The topological polar surface area (TPSA) is 18.5 Å². The molecule has 0 saturated carbocycles. The minimum absolute atomic E-state index is 0.183. The van der Waals surface area contributed by atoms with Crippen LogP contribution in [0.25, 0.3) is 0 Å². The molecule has 0 fully saturated rings. The highest BCUT2D eigenvalue weighted by atomic mass is 31.1. The van der Waals surface area contributed by atoms with Crippen molar-refractivity contribution in [3.8, 4) is 5.75 Å². The van der Waals surface area contributed by atoms with E-state index < -0.39 is 0 Å². The molecule has 0 saturated heterocycles. The van der Waals surface area contributed by atoms with E-state index in [0.717, 1.165) is 11.1 Å². The SMILES string of the molecule is COCOc1ccccc1Pc1ccccc1F. The number of ether oxygens (including phenoxy) is 2. The normalized spacial score (nSPS) is 11.0. The Morgan fingerprint density at radius 3 is 2.39 bits per heavy atom. The Labute approximate surface area is 108 Å².